The van der Waals surface area contributed by atoms with Gasteiger partial charge in [0.05, 0.1) is 5.02 Å². The molecular weight excluding hydrogens is 296 g/mol. The first-order chi connectivity index (χ1) is 8.97. The van der Waals surface area contributed by atoms with E-state index < -0.39 is 11.8 Å². The van der Waals surface area contributed by atoms with Gasteiger partial charge in [0.15, 0.2) is 0 Å². The molecular formula is C12H6Cl2FNO3. The highest BCUT2D eigenvalue weighted by Crippen LogP contribution is 2.31. The molecule has 1 N–H and O–H groups in total. The third-order valence-corrected chi connectivity index (χ3v) is 2.63. The number of carboxylic acid groups (broad SMARTS) is 1. The zero-order valence-electron chi connectivity index (χ0n) is 9.23. The van der Waals surface area contributed by atoms with Gasteiger partial charge >= 0.3 is 5.97 Å². The van der Waals surface area contributed by atoms with Crippen LogP contribution in [0.25, 0.3) is 0 Å². The zero-order valence-corrected chi connectivity index (χ0v) is 10.7. The summed E-state index contributed by atoms with van der Waals surface area (Å²) in [6, 6.07) is 4.51. The number of pyridine rings is 1. The molecule has 0 aliphatic heterocycles. The largest absolute Gasteiger partial charge is 0.478 e. The van der Waals surface area contributed by atoms with Gasteiger partial charge in [0.2, 0.25) is 5.88 Å². The fourth-order valence-electron chi connectivity index (χ4n) is 1.34. The van der Waals surface area contributed by atoms with Crippen molar-refractivity contribution in [3.8, 4) is 11.6 Å². The van der Waals surface area contributed by atoms with Crippen molar-refractivity contribution in [2.75, 3.05) is 0 Å². The quantitative estimate of drug-likeness (QED) is 0.930. The minimum atomic E-state index is -1.32. The molecule has 0 fully saturated rings. The predicted octanol–water partition coefficient (Wildman–Crippen LogP) is 4.02. The number of aromatic carboxylic acids is 1. The van der Waals surface area contributed by atoms with Gasteiger partial charge in [-0.2, -0.15) is 0 Å². The standard InChI is InChI=1S/C12H6Cl2FNO3/c13-6-3-9(14)11(16-5-6)19-10-2-1-7(15)4-8(10)12(17)18/h1-5H,(H,17,18). The van der Waals surface area contributed by atoms with E-state index in [0.717, 1.165) is 12.1 Å². The summed E-state index contributed by atoms with van der Waals surface area (Å²) in [5.41, 5.74) is -0.326. The number of aromatic nitrogens is 1. The Bertz CT molecular complexity index is 649. The van der Waals surface area contributed by atoms with Crippen LogP contribution in [0.5, 0.6) is 11.6 Å². The summed E-state index contributed by atoms with van der Waals surface area (Å²) in [5, 5.41) is 9.39. The number of benzene rings is 1. The van der Waals surface area contributed by atoms with Crippen LogP contribution < -0.4 is 4.74 Å². The predicted molar refractivity (Wildman–Crippen MR) is 67.7 cm³/mol. The molecule has 1 aromatic carbocycles. The average molecular weight is 302 g/mol. The van der Waals surface area contributed by atoms with Crippen molar-refractivity contribution in [2.45, 2.75) is 0 Å². The van der Waals surface area contributed by atoms with Crippen LogP contribution in [0.1, 0.15) is 10.4 Å². The van der Waals surface area contributed by atoms with E-state index >= 15 is 0 Å². The fourth-order valence-corrected chi connectivity index (χ4v) is 1.76. The molecule has 2 rings (SSSR count). The molecule has 7 heteroatoms. The molecule has 0 saturated carbocycles. The van der Waals surface area contributed by atoms with Crippen molar-refractivity contribution >= 4 is 29.2 Å². The van der Waals surface area contributed by atoms with Crippen LogP contribution >= 0.6 is 23.2 Å². The Balaban J connectivity index is 2.40. The van der Waals surface area contributed by atoms with E-state index in [1.54, 1.807) is 0 Å². The first-order valence-corrected chi connectivity index (χ1v) is 5.74. The van der Waals surface area contributed by atoms with Gasteiger partial charge in [-0.1, -0.05) is 23.2 Å². The maximum absolute atomic E-state index is 13.0. The van der Waals surface area contributed by atoms with Gasteiger partial charge in [0.25, 0.3) is 0 Å². The van der Waals surface area contributed by atoms with Gasteiger partial charge in [-0.3, -0.25) is 0 Å². The van der Waals surface area contributed by atoms with Crippen molar-refractivity contribution in [1.29, 1.82) is 0 Å². The molecule has 19 heavy (non-hydrogen) atoms. The summed E-state index contributed by atoms with van der Waals surface area (Å²) in [5.74, 6) is -2.08. The SMILES string of the molecule is O=C(O)c1cc(F)ccc1Oc1ncc(Cl)cc1Cl. The van der Waals surface area contributed by atoms with Gasteiger partial charge < -0.3 is 9.84 Å². The third-order valence-electron chi connectivity index (χ3n) is 2.15. The number of halogens is 3. The Kier molecular flexibility index (Phi) is 3.87. The van der Waals surface area contributed by atoms with Crippen LogP contribution in [-0.4, -0.2) is 16.1 Å². The lowest BCUT2D eigenvalue weighted by molar-refractivity contribution is 0.0693. The van der Waals surface area contributed by atoms with E-state index in [1.807, 2.05) is 0 Å². The number of rotatable bonds is 3. The van der Waals surface area contributed by atoms with E-state index in [1.165, 1.54) is 18.3 Å². The van der Waals surface area contributed by atoms with Crippen molar-refractivity contribution in [1.82, 2.24) is 4.98 Å². The van der Waals surface area contributed by atoms with Crippen LogP contribution in [-0.2, 0) is 0 Å². The lowest BCUT2D eigenvalue weighted by Gasteiger charge is -2.09. The minimum absolute atomic E-state index is 0.0137. The summed E-state index contributed by atoms with van der Waals surface area (Å²) >= 11 is 11.5. The van der Waals surface area contributed by atoms with E-state index in [0.29, 0.717) is 5.02 Å². The summed E-state index contributed by atoms with van der Waals surface area (Å²) in [6.45, 7) is 0. The highest BCUT2D eigenvalue weighted by atomic mass is 35.5. The Morgan fingerprint density at radius 3 is 2.68 bits per heavy atom. The van der Waals surface area contributed by atoms with E-state index in [2.05, 4.69) is 4.98 Å². The minimum Gasteiger partial charge on any atom is -0.478 e. The zero-order chi connectivity index (χ0) is 14.0. The second-order valence-electron chi connectivity index (χ2n) is 3.49. The summed E-state index contributed by atoms with van der Waals surface area (Å²) in [6.07, 6.45) is 1.30. The van der Waals surface area contributed by atoms with Crippen LogP contribution in [0.15, 0.2) is 30.5 Å². The van der Waals surface area contributed by atoms with Crippen LogP contribution in [0, 0.1) is 5.82 Å². The lowest BCUT2D eigenvalue weighted by Crippen LogP contribution is -2.01. The fraction of sp³-hybridized carbons (Fsp3) is 0. The molecule has 0 saturated heterocycles. The van der Waals surface area contributed by atoms with Gasteiger partial charge in [-0.15, -0.1) is 0 Å². The molecule has 0 bridgehead atoms. The van der Waals surface area contributed by atoms with E-state index in [9.17, 15) is 9.18 Å². The second-order valence-corrected chi connectivity index (χ2v) is 4.33. The van der Waals surface area contributed by atoms with Crippen molar-refractivity contribution < 1.29 is 19.0 Å². The van der Waals surface area contributed by atoms with Gasteiger partial charge in [0.1, 0.15) is 22.2 Å². The molecule has 0 atom stereocenters. The Hall–Kier alpha value is -1.85. The van der Waals surface area contributed by atoms with Crippen LogP contribution in [0.4, 0.5) is 4.39 Å². The highest BCUT2D eigenvalue weighted by Gasteiger charge is 2.15. The number of hydrogen-bond acceptors (Lipinski definition) is 3. The van der Waals surface area contributed by atoms with Crippen LogP contribution in [0.3, 0.4) is 0 Å². The number of nitrogens with zero attached hydrogens (tertiary/aromatic N) is 1. The molecule has 0 spiro atoms. The van der Waals surface area contributed by atoms with Gasteiger partial charge in [-0.05, 0) is 24.3 Å². The smallest absolute Gasteiger partial charge is 0.339 e. The maximum Gasteiger partial charge on any atom is 0.339 e. The molecule has 0 radical (unpaired) electrons. The molecule has 0 unspecified atom stereocenters. The normalized spacial score (nSPS) is 10.3. The molecule has 1 aromatic heterocycles. The first-order valence-electron chi connectivity index (χ1n) is 4.99. The summed E-state index contributed by atoms with van der Waals surface area (Å²) in [4.78, 5) is 14.8. The number of ether oxygens (including phenoxy) is 1. The number of hydrogen-bond donors (Lipinski definition) is 1. The molecule has 98 valence electrons. The lowest BCUT2D eigenvalue weighted by atomic mass is 10.2. The topological polar surface area (TPSA) is 59.4 Å². The second kappa shape index (κ2) is 5.42. The highest BCUT2D eigenvalue weighted by molar-refractivity contribution is 6.35. The third kappa shape index (κ3) is 3.13. The number of carbonyl (C=O) groups is 1. The van der Waals surface area contributed by atoms with E-state index in [4.69, 9.17) is 33.0 Å². The van der Waals surface area contributed by atoms with Crippen molar-refractivity contribution in [3.63, 3.8) is 0 Å². The molecule has 1 heterocycles. The Morgan fingerprint density at radius 1 is 1.32 bits per heavy atom. The van der Waals surface area contributed by atoms with Crippen molar-refractivity contribution in [3.05, 3.63) is 51.9 Å². The van der Waals surface area contributed by atoms with Gasteiger partial charge in [0, 0.05) is 6.20 Å². The van der Waals surface area contributed by atoms with Crippen molar-refractivity contribution in [2.24, 2.45) is 0 Å². The average Bonchev–Trinajstić information content (AvgIpc) is 2.34. The van der Waals surface area contributed by atoms with Crippen LogP contribution in [0.2, 0.25) is 10.0 Å². The van der Waals surface area contributed by atoms with E-state index in [-0.39, 0.29) is 22.2 Å². The molecule has 4 nitrogen and oxygen atoms in total. The van der Waals surface area contributed by atoms with Gasteiger partial charge in [-0.25, -0.2) is 14.2 Å². The maximum atomic E-state index is 13.0. The molecule has 0 aliphatic carbocycles. The summed E-state index contributed by atoms with van der Waals surface area (Å²) in [7, 11) is 0. The monoisotopic (exact) mass is 301 g/mol. The Labute approximate surface area is 117 Å². The molecule has 0 amide bonds. The summed E-state index contributed by atoms with van der Waals surface area (Å²) < 4.78 is 18.3. The molecule has 0 aliphatic rings. The molecule has 2 aromatic rings. The number of carboxylic acids is 1. The Morgan fingerprint density at radius 2 is 2.05 bits per heavy atom. The first kappa shape index (κ1) is 13.6.